The van der Waals surface area contributed by atoms with E-state index in [1.165, 1.54) is 24.0 Å². The number of hydrogen-bond donors (Lipinski definition) is 1. The fourth-order valence-electron chi connectivity index (χ4n) is 2.68. The Bertz CT molecular complexity index is 1050. The third kappa shape index (κ3) is 5.00. The summed E-state index contributed by atoms with van der Waals surface area (Å²) in [6, 6.07) is 9.92. The lowest BCUT2D eigenvalue weighted by Gasteiger charge is -2.05. The minimum atomic E-state index is -0.597. The Morgan fingerprint density at radius 1 is 1.17 bits per heavy atom. The molecule has 0 bridgehead atoms. The van der Waals surface area contributed by atoms with Gasteiger partial charge in [0, 0.05) is 5.39 Å². The Kier molecular flexibility index (Phi) is 6.28. The van der Waals surface area contributed by atoms with Crippen LogP contribution in [0.5, 0.6) is 0 Å². The first-order valence-corrected chi connectivity index (χ1v) is 9.72. The molecule has 0 saturated carbocycles. The molecular formula is C20H21N3O5S. The van der Waals surface area contributed by atoms with Crippen LogP contribution in [0.15, 0.2) is 30.3 Å². The number of hydrogen-bond acceptors (Lipinski definition) is 7. The Hall–Kier alpha value is -3.20. The molecule has 2 aromatic heterocycles. The number of nitrogens with zero attached hydrogens (tertiary/aromatic N) is 2. The first-order valence-electron chi connectivity index (χ1n) is 8.90. The molecule has 0 aliphatic rings. The van der Waals surface area contributed by atoms with E-state index in [-0.39, 0.29) is 6.54 Å². The second-order valence-electron chi connectivity index (χ2n) is 6.49. The molecule has 152 valence electrons. The first kappa shape index (κ1) is 20.5. The van der Waals surface area contributed by atoms with E-state index >= 15 is 0 Å². The van der Waals surface area contributed by atoms with Crippen molar-refractivity contribution in [3.63, 3.8) is 0 Å². The molecular weight excluding hydrogens is 394 g/mol. The lowest BCUT2D eigenvalue weighted by Crippen LogP contribution is -2.33. The fraction of sp³-hybridized carbons (Fsp3) is 0.300. The second-order valence-corrected chi connectivity index (χ2v) is 7.52. The zero-order chi connectivity index (χ0) is 21.0. The molecule has 0 atom stereocenters. The Morgan fingerprint density at radius 3 is 2.59 bits per heavy atom. The predicted octanol–water partition coefficient (Wildman–Crippen LogP) is 2.21. The molecule has 3 rings (SSSR count). The zero-order valence-electron chi connectivity index (χ0n) is 16.4. The van der Waals surface area contributed by atoms with Crippen LogP contribution in [0.3, 0.4) is 0 Å². The van der Waals surface area contributed by atoms with Gasteiger partial charge in [-0.05, 0) is 25.5 Å². The van der Waals surface area contributed by atoms with Gasteiger partial charge in [0.25, 0.3) is 5.91 Å². The lowest BCUT2D eigenvalue weighted by molar-refractivity contribution is -0.141. The normalized spacial score (nSPS) is 10.7. The molecule has 0 aliphatic heterocycles. The van der Waals surface area contributed by atoms with Gasteiger partial charge in [-0.25, -0.2) is 4.79 Å². The van der Waals surface area contributed by atoms with Crippen molar-refractivity contribution in [3.05, 3.63) is 52.0 Å². The first-order chi connectivity index (χ1) is 13.9. The van der Waals surface area contributed by atoms with Gasteiger partial charge in [-0.2, -0.15) is 5.10 Å². The van der Waals surface area contributed by atoms with E-state index in [1.807, 2.05) is 42.8 Å². The van der Waals surface area contributed by atoms with Crippen molar-refractivity contribution in [3.8, 4) is 0 Å². The van der Waals surface area contributed by atoms with Gasteiger partial charge in [-0.1, -0.05) is 29.8 Å². The van der Waals surface area contributed by atoms with E-state index < -0.39 is 24.5 Å². The van der Waals surface area contributed by atoms with Crippen LogP contribution in [-0.2, 0) is 25.6 Å². The molecule has 0 spiro atoms. The minimum Gasteiger partial charge on any atom is -0.468 e. The SMILES string of the molecule is COC(=O)CNC(=O)COC(=O)c1cc2c(C)nn(Cc3ccc(C)cc3)c2s1. The van der Waals surface area contributed by atoms with E-state index in [1.54, 1.807) is 6.07 Å². The summed E-state index contributed by atoms with van der Waals surface area (Å²) in [6.45, 7) is 3.76. The lowest BCUT2D eigenvalue weighted by atomic mass is 10.1. The molecule has 0 aliphatic carbocycles. The molecule has 1 aromatic carbocycles. The summed E-state index contributed by atoms with van der Waals surface area (Å²) in [4.78, 5) is 36.2. The van der Waals surface area contributed by atoms with Crippen molar-refractivity contribution in [2.75, 3.05) is 20.3 Å². The van der Waals surface area contributed by atoms with Crippen molar-refractivity contribution in [1.29, 1.82) is 0 Å². The van der Waals surface area contributed by atoms with E-state index in [0.717, 1.165) is 21.5 Å². The topological polar surface area (TPSA) is 99.5 Å². The number of fused-ring (bicyclic) bond motifs is 1. The summed E-state index contributed by atoms with van der Waals surface area (Å²) < 4.78 is 11.3. The molecule has 1 N–H and O–H groups in total. The fourth-order valence-corrected chi connectivity index (χ4v) is 3.74. The van der Waals surface area contributed by atoms with Gasteiger partial charge in [0.1, 0.15) is 16.3 Å². The highest BCUT2D eigenvalue weighted by Crippen LogP contribution is 2.29. The van der Waals surface area contributed by atoms with Crippen LogP contribution < -0.4 is 5.32 Å². The number of esters is 2. The van der Waals surface area contributed by atoms with Crippen molar-refractivity contribution in [1.82, 2.24) is 15.1 Å². The number of benzene rings is 1. The maximum absolute atomic E-state index is 12.3. The van der Waals surface area contributed by atoms with Crippen molar-refractivity contribution in [2.24, 2.45) is 0 Å². The van der Waals surface area contributed by atoms with Crippen LogP contribution in [0.4, 0.5) is 0 Å². The van der Waals surface area contributed by atoms with Crippen LogP contribution in [0, 0.1) is 13.8 Å². The summed E-state index contributed by atoms with van der Waals surface area (Å²) in [7, 11) is 1.22. The Morgan fingerprint density at radius 2 is 1.90 bits per heavy atom. The smallest absolute Gasteiger partial charge is 0.348 e. The van der Waals surface area contributed by atoms with Crippen LogP contribution in [0.1, 0.15) is 26.5 Å². The molecule has 2 heterocycles. The molecule has 0 saturated heterocycles. The van der Waals surface area contributed by atoms with E-state index in [9.17, 15) is 14.4 Å². The van der Waals surface area contributed by atoms with Gasteiger partial charge in [0.05, 0.1) is 19.3 Å². The Balaban J connectivity index is 1.67. The third-order valence-electron chi connectivity index (χ3n) is 4.25. The Labute approximate surface area is 171 Å². The molecule has 29 heavy (non-hydrogen) atoms. The number of ether oxygens (including phenoxy) is 2. The summed E-state index contributed by atoms with van der Waals surface area (Å²) in [5.41, 5.74) is 3.12. The number of nitrogens with one attached hydrogen (secondary N) is 1. The van der Waals surface area contributed by atoms with E-state index in [0.29, 0.717) is 11.4 Å². The van der Waals surface area contributed by atoms with Crippen molar-refractivity contribution < 1.29 is 23.9 Å². The number of rotatable bonds is 7. The highest BCUT2D eigenvalue weighted by atomic mass is 32.1. The van der Waals surface area contributed by atoms with Gasteiger partial charge in [-0.15, -0.1) is 11.3 Å². The van der Waals surface area contributed by atoms with Crippen LogP contribution in [0.25, 0.3) is 10.2 Å². The van der Waals surface area contributed by atoms with E-state index in [2.05, 4.69) is 15.2 Å². The van der Waals surface area contributed by atoms with Crippen LogP contribution >= 0.6 is 11.3 Å². The van der Waals surface area contributed by atoms with Crippen molar-refractivity contribution in [2.45, 2.75) is 20.4 Å². The average Bonchev–Trinajstić information content (AvgIpc) is 3.27. The number of aryl methyl sites for hydroxylation is 2. The molecule has 0 radical (unpaired) electrons. The third-order valence-corrected chi connectivity index (χ3v) is 5.38. The number of methoxy groups -OCH3 is 1. The second kappa shape index (κ2) is 8.87. The zero-order valence-corrected chi connectivity index (χ0v) is 17.2. The van der Waals surface area contributed by atoms with Crippen LogP contribution in [0.2, 0.25) is 0 Å². The quantitative estimate of drug-likeness (QED) is 0.594. The molecule has 0 unspecified atom stereocenters. The maximum atomic E-state index is 12.3. The largest absolute Gasteiger partial charge is 0.468 e. The van der Waals surface area contributed by atoms with Gasteiger partial charge >= 0.3 is 11.9 Å². The number of thiophene rings is 1. The maximum Gasteiger partial charge on any atom is 0.348 e. The number of amides is 1. The average molecular weight is 415 g/mol. The van der Waals surface area contributed by atoms with Gasteiger partial charge in [0.15, 0.2) is 6.61 Å². The van der Waals surface area contributed by atoms with Gasteiger partial charge in [-0.3, -0.25) is 14.3 Å². The summed E-state index contributed by atoms with van der Waals surface area (Å²) in [5.74, 6) is -1.75. The number of carbonyl (C=O) groups is 3. The molecule has 9 heteroatoms. The van der Waals surface area contributed by atoms with E-state index in [4.69, 9.17) is 4.74 Å². The highest BCUT2D eigenvalue weighted by molar-refractivity contribution is 7.20. The summed E-state index contributed by atoms with van der Waals surface area (Å²) in [6.07, 6.45) is 0. The summed E-state index contributed by atoms with van der Waals surface area (Å²) in [5, 5.41) is 7.75. The van der Waals surface area contributed by atoms with Gasteiger partial charge < -0.3 is 14.8 Å². The van der Waals surface area contributed by atoms with Crippen LogP contribution in [-0.4, -0.2) is 47.9 Å². The van der Waals surface area contributed by atoms with Crippen molar-refractivity contribution >= 4 is 39.4 Å². The monoisotopic (exact) mass is 415 g/mol. The molecule has 0 fully saturated rings. The minimum absolute atomic E-state index is 0.274. The number of aromatic nitrogens is 2. The number of carbonyl (C=O) groups excluding carboxylic acids is 3. The predicted molar refractivity (Wildman–Crippen MR) is 108 cm³/mol. The molecule has 1 amide bonds. The molecule has 3 aromatic rings. The molecule has 8 nitrogen and oxygen atoms in total. The highest BCUT2D eigenvalue weighted by Gasteiger charge is 2.18. The van der Waals surface area contributed by atoms with Gasteiger partial charge in [0.2, 0.25) is 0 Å². The summed E-state index contributed by atoms with van der Waals surface area (Å²) >= 11 is 1.27. The standard InChI is InChI=1S/C20H21N3O5S/c1-12-4-6-14(7-5-12)10-23-19-15(13(2)22-23)8-16(29-19)20(26)28-11-17(24)21-9-18(25)27-3/h4-8H,9-11H2,1-3H3,(H,21,24).